The molecule has 2 N–H and O–H groups in total. The first-order valence-corrected chi connectivity index (χ1v) is 10.3. The number of hydrogen-bond acceptors (Lipinski definition) is 3. The predicted octanol–water partition coefficient (Wildman–Crippen LogP) is 6.46. The Kier molecular flexibility index (Phi) is 7.94. The van der Waals surface area contributed by atoms with Crippen LogP contribution in [0.3, 0.4) is 0 Å². The zero-order valence-corrected chi connectivity index (χ0v) is 18.0. The fourth-order valence-corrected chi connectivity index (χ4v) is 3.62. The molecule has 28 heavy (non-hydrogen) atoms. The third-order valence-electron chi connectivity index (χ3n) is 5.19. The van der Waals surface area contributed by atoms with E-state index in [1.807, 2.05) is 6.07 Å². The van der Waals surface area contributed by atoms with Gasteiger partial charge in [-0.05, 0) is 59.3 Å². The van der Waals surface area contributed by atoms with Crippen molar-refractivity contribution in [1.82, 2.24) is 0 Å². The summed E-state index contributed by atoms with van der Waals surface area (Å²) in [5.74, 6) is 1.05. The van der Waals surface area contributed by atoms with Gasteiger partial charge in [0.05, 0.1) is 6.61 Å². The molecule has 0 radical (unpaired) electrons. The van der Waals surface area contributed by atoms with Gasteiger partial charge in [-0.25, -0.2) is 0 Å². The Hall–Kier alpha value is -2.00. The molecule has 2 atom stereocenters. The molecule has 0 aliphatic carbocycles. The van der Waals surface area contributed by atoms with Gasteiger partial charge >= 0.3 is 0 Å². The molecular formula is C25H36O3. The second-order valence-electron chi connectivity index (χ2n) is 9.34. The van der Waals surface area contributed by atoms with Crippen molar-refractivity contribution >= 4 is 0 Å². The van der Waals surface area contributed by atoms with E-state index in [-0.39, 0.29) is 22.8 Å². The van der Waals surface area contributed by atoms with Crippen LogP contribution < -0.4 is 0 Å². The second-order valence-corrected chi connectivity index (χ2v) is 9.34. The molecule has 0 saturated heterocycles. The van der Waals surface area contributed by atoms with E-state index in [0.29, 0.717) is 18.4 Å². The van der Waals surface area contributed by atoms with Crippen molar-refractivity contribution in [2.75, 3.05) is 13.2 Å². The van der Waals surface area contributed by atoms with Crippen LogP contribution in [0.5, 0.6) is 11.5 Å². The Morgan fingerprint density at radius 1 is 0.893 bits per heavy atom. The van der Waals surface area contributed by atoms with E-state index in [9.17, 15) is 10.2 Å². The fraction of sp³-hybridized carbons (Fsp3) is 0.520. The van der Waals surface area contributed by atoms with Gasteiger partial charge in [-0.3, -0.25) is 0 Å². The maximum absolute atomic E-state index is 10.0. The molecule has 3 heteroatoms. The molecule has 0 fully saturated rings. The highest BCUT2D eigenvalue weighted by atomic mass is 16.5. The van der Waals surface area contributed by atoms with Crippen LogP contribution in [0, 0.1) is 11.3 Å². The molecule has 2 aromatic rings. The third-order valence-corrected chi connectivity index (χ3v) is 5.19. The molecule has 0 spiro atoms. The molecule has 2 aromatic carbocycles. The average molecular weight is 385 g/mol. The minimum atomic E-state index is -0.0741. The zero-order chi connectivity index (χ0) is 20.7. The highest BCUT2D eigenvalue weighted by molar-refractivity contribution is 5.42. The van der Waals surface area contributed by atoms with Crippen LogP contribution in [-0.2, 0) is 4.74 Å². The molecule has 0 saturated carbocycles. The van der Waals surface area contributed by atoms with Crippen molar-refractivity contribution in [3.63, 3.8) is 0 Å². The summed E-state index contributed by atoms with van der Waals surface area (Å²) in [7, 11) is 0. The van der Waals surface area contributed by atoms with E-state index in [4.69, 9.17) is 4.74 Å². The standard InChI is InChI=1S/C25H36O3/c1-18(2)22(19-9-7-6-8-10-19)15-21(13-14-28-17-25(3,4)5)20-11-12-23(26)24(27)16-20/h6-12,16,18,21-22,26-27H,13-15,17H2,1-5H3. The molecular weight excluding hydrogens is 348 g/mol. The zero-order valence-electron chi connectivity index (χ0n) is 18.0. The van der Waals surface area contributed by atoms with E-state index in [0.717, 1.165) is 25.0 Å². The van der Waals surface area contributed by atoms with Gasteiger partial charge in [0.1, 0.15) is 0 Å². The lowest BCUT2D eigenvalue weighted by Gasteiger charge is -2.28. The number of hydrogen-bond donors (Lipinski definition) is 2. The van der Waals surface area contributed by atoms with Gasteiger partial charge in [-0.15, -0.1) is 0 Å². The summed E-state index contributed by atoms with van der Waals surface area (Å²) >= 11 is 0. The summed E-state index contributed by atoms with van der Waals surface area (Å²) in [4.78, 5) is 0. The van der Waals surface area contributed by atoms with Crippen molar-refractivity contribution in [3.8, 4) is 11.5 Å². The largest absolute Gasteiger partial charge is 0.504 e. The number of phenolic OH excluding ortho intramolecular Hbond substituents is 2. The molecule has 2 rings (SSSR count). The van der Waals surface area contributed by atoms with Crippen molar-refractivity contribution in [3.05, 3.63) is 59.7 Å². The Balaban J connectivity index is 2.19. The number of benzene rings is 2. The molecule has 0 heterocycles. The molecule has 154 valence electrons. The molecule has 0 bridgehead atoms. The first kappa shape index (κ1) is 22.3. The van der Waals surface area contributed by atoms with E-state index in [2.05, 4.69) is 65.0 Å². The summed E-state index contributed by atoms with van der Waals surface area (Å²) in [6, 6.07) is 15.9. The van der Waals surface area contributed by atoms with Gasteiger partial charge in [-0.2, -0.15) is 0 Å². The van der Waals surface area contributed by atoms with Crippen LogP contribution in [0.4, 0.5) is 0 Å². The van der Waals surface area contributed by atoms with Gasteiger partial charge in [0.25, 0.3) is 0 Å². The minimum Gasteiger partial charge on any atom is -0.504 e. The summed E-state index contributed by atoms with van der Waals surface area (Å²) in [5, 5.41) is 19.7. The van der Waals surface area contributed by atoms with Crippen molar-refractivity contribution < 1.29 is 14.9 Å². The third kappa shape index (κ3) is 6.87. The lowest BCUT2D eigenvalue weighted by Crippen LogP contribution is -2.17. The highest BCUT2D eigenvalue weighted by Gasteiger charge is 2.23. The Morgan fingerprint density at radius 2 is 1.57 bits per heavy atom. The lowest BCUT2D eigenvalue weighted by molar-refractivity contribution is 0.0656. The first-order chi connectivity index (χ1) is 13.2. The van der Waals surface area contributed by atoms with Crippen LogP contribution in [0.25, 0.3) is 0 Å². The van der Waals surface area contributed by atoms with Crippen LogP contribution in [-0.4, -0.2) is 23.4 Å². The fourth-order valence-electron chi connectivity index (χ4n) is 3.62. The van der Waals surface area contributed by atoms with E-state index in [1.54, 1.807) is 12.1 Å². The van der Waals surface area contributed by atoms with E-state index < -0.39 is 0 Å². The van der Waals surface area contributed by atoms with Crippen molar-refractivity contribution in [2.24, 2.45) is 11.3 Å². The summed E-state index contributed by atoms with van der Waals surface area (Å²) in [5.41, 5.74) is 2.55. The maximum Gasteiger partial charge on any atom is 0.157 e. The van der Waals surface area contributed by atoms with Gasteiger partial charge in [-0.1, -0.05) is 71.0 Å². The highest BCUT2D eigenvalue weighted by Crippen LogP contribution is 2.39. The second kappa shape index (κ2) is 9.97. The molecule has 0 amide bonds. The van der Waals surface area contributed by atoms with Crippen molar-refractivity contribution in [1.29, 1.82) is 0 Å². The van der Waals surface area contributed by atoms with Gasteiger partial charge in [0.2, 0.25) is 0 Å². The van der Waals surface area contributed by atoms with Crippen LogP contribution >= 0.6 is 0 Å². The number of rotatable bonds is 9. The van der Waals surface area contributed by atoms with Crippen molar-refractivity contribution in [2.45, 2.75) is 59.3 Å². The minimum absolute atomic E-state index is 0.0566. The molecule has 2 unspecified atom stereocenters. The number of aromatic hydroxyl groups is 2. The summed E-state index contributed by atoms with van der Waals surface area (Å²) in [6.45, 7) is 12.5. The molecule has 0 aromatic heterocycles. The molecule has 0 aliphatic heterocycles. The predicted molar refractivity (Wildman–Crippen MR) is 116 cm³/mol. The van der Waals surface area contributed by atoms with Gasteiger partial charge < -0.3 is 14.9 Å². The van der Waals surface area contributed by atoms with Crippen LogP contribution in [0.1, 0.15) is 70.4 Å². The van der Waals surface area contributed by atoms with E-state index in [1.165, 1.54) is 5.56 Å². The number of phenols is 2. The summed E-state index contributed by atoms with van der Waals surface area (Å²) in [6.07, 6.45) is 1.86. The molecule has 3 nitrogen and oxygen atoms in total. The smallest absolute Gasteiger partial charge is 0.157 e. The lowest BCUT2D eigenvalue weighted by atomic mass is 9.78. The topological polar surface area (TPSA) is 49.7 Å². The number of ether oxygens (including phenoxy) is 1. The quantitative estimate of drug-likeness (QED) is 0.385. The van der Waals surface area contributed by atoms with E-state index >= 15 is 0 Å². The maximum atomic E-state index is 10.0. The monoisotopic (exact) mass is 384 g/mol. The Labute approximate surface area is 170 Å². The van der Waals surface area contributed by atoms with Crippen LogP contribution in [0.2, 0.25) is 0 Å². The first-order valence-electron chi connectivity index (χ1n) is 10.3. The molecule has 0 aliphatic rings. The van der Waals surface area contributed by atoms with Gasteiger partial charge in [0.15, 0.2) is 11.5 Å². The average Bonchev–Trinajstić information content (AvgIpc) is 2.63. The van der Waals surface area contributed by atoms with Gasteiger partial charge in [0, 0.05) is 6.61 Å². The SMILES string of the molecule is CC(C)C(CC(CCOCC(C)(C)C)c1ccc(O)c(O)c1)c1ccccc1. The summed E-state index contributed by atoms with van der Waals surface area (Å²) < 4.78 is 5.94. The Morgan fingerprint density at radius 3 is 2.14 bits per heavy atom. The normalized spacial score (nSPS) is 14.2. The van der Waals surface area contributed by atoms with Crippen LogP contribution in [0.15, 0.2) is 48.5 Å². The Bertz CT molecular complexity index is 716.